The number of nitrogens with zero attached hydrogens (tertiary/aromatic N) is 2. The lowest BCUT2D eigenvalue weighted by Crippen LogP contribution is -2.21. The number of anilines is 2. The fourth-order valence-corrected chi connectivity index (χ4v) is 3.70. The van der Waals surface area contributed by atoms with E-state index in [-0.39, 0.29) is 5.91 Å². The number of rotatable bonds is 6. The second-order valence-corrected chi connectivity index (χ2v) is 6.90. The first-order valence-electron chi connectivity index (χ1n) is 8.71. The molecule has 0 unspecified atom stereocenters. The van der Waals surface area contributed by atoms with Crippen LogP contribution in [0.4, 0.5) is 10.8 Å². The van der Waals surface area contributed by atoms with Gasteiger partial charge in [-0.25, -0.2) is 9.78 Å². The molecule has 0 spiro atoms. The van der Waals surface area contributed by atoms with Crippen LogP contribution in [0.1, 0.15) is 34.6 Å². The highest BCUT2D eigenvalue weighted by molar-refractivity contribution is 7.22. The Bertz CT molecular complexity index is 962. The number of thiazole rings is 1. The number of aromatic nitrogens is 1. The first kappa shape index (κ1) is 18.8. The maximum atomic E-state index is 12.5. The minimum atomic E-state index is -0.399. The Morgan fingerprint density at radius 2 is 1.74 bits per heavy atom. The van der Waals surface area contributed by atoms with Crippen molar-refractivity contribution in [3.8, 4) is 0 Å². The summed E-state index contributed by atoms with van der Waals surface area (Å²) in [6, 6.07) is 12.6. The molecule has 0 bridgehead atoms. The van der Waals surface area contributed by atoms with Crippen LogP contribution in [0.15, 0.2) is 42.5 Å². The molecule has 1 amide bonds. The van der Waals surface area contributed by atoms with Gasteiger partial charge in [-0.2, -0.15) is 0 Å². The number of amides is 1. The number of benzene rings is 2. The van der Waals surface area contributed by atoms with Crippen LogP contribution in [-0.4, -0.2) is 37.1 Å². The summed E-state index contributed by atoms with van der Waals surface area (Å²) in [5, 5.41) is 3.32. The topological polar surface area (TPSA) is 71.5 Å². The molecule has 0 aliphatic rings. The average molecular weight is 383 g/mol. The van der Waals surface area contributed by atoms with Crippen molar-refractivity contribution in [2.24, 2.45) is 0 Å². The zero-order chi connectivity index (χ0) is 19.4. The van der Waals surface area contributed by atoms with E-state index in [0.29, 0.717) is 16.3 Å². The van der Waals surface area contributed by atoms with Gasteiger partial charge in [0.25, 0.3) is 5.91 Å². The van der Waals surface area contributed by atoms with Crippen LogP contribution in [0.25, 0.3) is 10.2 Å². The highest BCUT2D eigenvalue weighted by Crippen LogP contribution is 2.27. The first-order valence-corrected chi connectivity index (χ1v) is 9.52. The van der Waals surface area contributed by atoms with Crippen molar-refractivity contribution in [3.05, 3.63) is 53.6 Å². The van der Waals surface area contributed by atoms with Crippen LogP contribution in [-0.2, 0) is 4.74 Å². The molecular formula is C20H21N3O3S. The van der Waals surface area contributed by atoms with E-state index in [9.17, 15) is 9.59 Å². The maximum absolute atomic E-state index is 12.5. The molecule has 6 nitrogen and oxygen atoms in total. The smallest absolute Gasteiger partial charge is 0.337 e. The van der Waals surface area contributed by atoms with Gasteiger partial charge >= 0.3 is 5.97 Å². The van der Waals surface area contributed by atoms with Crippen molar-refractivity contribution in [1.82, 2.24) is 4.98 Å². The normalized spacial score (nSPS) is 10.6. The third-order valence-corrected chi connectivity index (χ3v) is 5.22. The largest absolute Gasteiger partial charge is 0.465 e. The molecular weight excluding hydrogens is 362 g/mol. The average Bonchev–Trinajstić information content (AvgIpc) is 3.10. The highest BCUT2D eigenvalue weighted by Gasteiger charge is 2.13. The molecule has 0 saturated heterocycles. The monoisotopic (exact) mass is 383 g/mol. The fraction of sp³-hybridized carbons (Fsp3) is 0.250. The van der Waals surface area contributed by atoms with Crippen molar-refractivity contribution >= 4 is 44.2 Å². The van der Waals surface area contributed by atoms with Crippen molar-refractivity contribution in [3.63, 3.8) is 0 Å². The van der Waals surface area contributed by atoms with Crippen LogP contribution >= 0.6 is 11.3 Å². The molecule has 2 aromatic carbocycles. The molecule has 0 fully saturated rings. The van der Waals surface area contributed by atoms with Crippen LogP contribution < -0.4 is 10.2 Å². The van der Waals surface area contributed by atoms with E-state index >= 15 is 0 Å². The zero-order valence-electron chi connectivity index (χ0n) is 15.5. The van der Waals surface area contributed by atoms with Crippen LogP contribution in [0.5, 0.6) is 0 Å². The maximum Gasteiger partial charge on any atom is 0.337 e. The molecule has 27 heavy (non-hydrogen) atoms. The van der Waals surface area contributed by atoms with Crippen molar-refractivity contribution in [1.29, 1.82) is 0 Å². The lowest BCUT2D eigenvalue weighted by Gasteiger charge is -2.20. The minimum absolute atomic E-state index is 0.214. The molecule has 3 aromatic rings. The summed E-state index contributed by atoms with van der Waals surface area (Å²) in [6.07, 6.45) is 0. The third-order valence-electron chi connectivity index (χ3n) is 4.29. The van der Waals surface area contributed by atoms with E-state index in [0.717, 1.165) is 29.0 Å². The summed E-state index contributed by atoms with van der Waals surface area (Å²) in [5.74, 6) is -0.613. The molecule has 0 atom stereocenters. The Hall–Kier alpha value is -2.93. The summed E-state index contributed by atoms with van der Waals surface area (Å²) < 4.78 is 5.54. The molecule has 1 aromatic heterocycles. The van der Waals surface area contributed by atoms with E-state index in [1.807, 2.05) is 24.3 Å². The zero-order valence-corrected chi connectivity index (χ0v) is 16.3. The van der Waals surface area contributed by atoms with E-state index in [2.05, 4.69) is 29.0 Å². The Morgan fingerprint density at radius 1 is 1.07 bits per heavy atom. The number of esters is 1. The molecule has 1 N–H and O–H groups in total. The number of ether oxygens (including phenoxy) is 1. The van der Waals surface area contributed by atoms with Gasteiger partial charge in [0.15, 0.2) is 5.13 Å². The molecule has 0 aliphatic heterocycles. The van der Waals surface area contributed by atoms with Crippen LogP contribution in [0, 0.1) is 0 Å². The molecule has 140 valence electrons. The number of nitrogens with one attached hydrogen (secondary N) is 1. The Labute approximate surface area is 161 Å². The fourth-order valence-electron chi connectivity index (χ4n) is 2.80. The molecule has 1 heterocycles. The van der Waals surface area contributed by atoms with E-state index < -0.39 is 5.97 Å². The van der Waals surface area contributed by atoms with Crippen molar-refractivity contribution < 1.29 is 14.3 Å². The van der Waals surface area contributed by atoms with Gasteiger partial charge in [0, 0.05) is 24.3 Å². The SMILES string of the molecule is CCN(CC)c1ccc(C(=O)Nc2nc3ccc(C(=O)OC)cc3s2)cc1. The van der Waals surface area contributed by atoms with E-state index in [1.165, 1.54) is 18.4 Å². The third kappa shape index (κ3) is 4.09. The number of fused-ring (bicyclic) bond motifs is 1. The molecule has 0 radical (unpaired) electrons. The number of hydrogen-bond acceptors (Lipinski definition) is 6. The second-order valence-electron chi connectivity index (χ2n) is 5.87. The minimum Gasteiger partial charge on any atom is -0.465 e. The number of hydrogen-bond donors (Lipinski definition) is 1. The predicted molar refractivity (Wildman–Crippen MR) is 109 cm³/mol. The van der Waals surface area contributed by atoms with Gasteiger partial charge in [0.05, 0.1) is 22.9 Å². The second kappa shape index (κ2) is 8.18. The highest BCUT2D eigenvalue weighted by atomic mass is 32.1. The van der Waals surface area contributed by atoms with Crippen LogP contribution in [0.2, 0.25) is 0 Å². The van der Waals surface area contributed by atoms with Gasteiger partial charge < -0.3 is 9.64 Å². The van der Waals surface area contributed by atoms with Gasteiger partial charge in [-0.1, -0.05) is 11.3 Å². The molecule has 0 saturated carbocycles. The molecule has 7 heteroatoms. The number of methoxy groups -OCH3 is 1. The summed E-state index contributed by atoms with van der Waals surface area (Å²) in [4.78, 5) is 30.8. The van der Waals surface area contributed by atoms with Crippen molar-refractivity contribution in [2.75, 3.05) is 30.4 Å². The molecule has 0 aliphatic carbocycles. The van der Waals surface area contributed by atoms with E-state index in [4.69, 9.17) is 4.74 Å². The van der Waals surface area contributed by atoms with Crippen LogP contribution in [0.3, 0.4) is 0 Å². The summed E-state index contributed by atoms with van der Waals surface area (Å²) in [7, 11) is 1.34. The summed E-state index contributed by atoms with van der Waals surface area (Å²) in [6.45, 7) is 6.04. The Morgan fingerprint density at radius 3 is 2.37 bits per heavy atom. The Balaban J connectivity index is 1.76. The molecule has 3 rings (SSSR count). The number of carbonyl (C=O) groups is 2. The predicted octanol–water partition coefficient (Wildman–Crippen LogP) is 4.18. The van der Waals surface area contributed by atoms with Gasteiger partial charge in [-0.15, -0.1) is 0 Å². The van der Waals surface area contributed by atoms with Gasteiger partial charge in [0.1, 0.15) is 0 Å². The summed E-state index contributed by atoms with van der Waals surface area (Å²) in [5.41, 5.74) is 2.84. The van der Waals surface area contributed by atoms with Gasteiger partial charge in [-0.05, 0) is 56.3 Å². The van der Waals surface area contributed by atoms with Crippen molar-refractivity contribution in [2.45, 2.75) is 13.8 Å². The number of carbonyl (C=O) groups excluding carboxylic acids is 2. The lowest BCUT2D eigenvalue weighted by molar-refractivity contribution is 0.0601. The Kier molecular flexibility index (Phi) is 5.71. The quantitative estimate of drug-likeness (QED) is 0.647. The van der Waals surface area contributed by atoms with Gasteiger partial charge in [0.2, 0.25) is 0 Å². The van der Waals surface area contributed by atoms with Gasteiger partial charge in [-0.3, -0.25) is 10.1 Å². The standard InChI is InChI=1S/C20H21N3O3S/c1-4-23(5-2)15-9-6-13(7-10-15)18(24)22-20-21-16-11-8-14(19(25)26-3)12-17(16)27-20/h6-12H,4-5H2,1-3H3,(H,21,22,24). The first-order chi connectivity index (χ1) is 13.0. The lowest BCUT2D eigenvalue weighted by atomic mass is 10.2. The summed E-state index contributed by atoms with van der Waals surface area (Å²) >= 11 is 1.32. The van der Waals surface area contributed by atoms with E-state index in [1.54, 1.807) is 18.2 Å².